The summed E-state index contributed by atoms with van der Waals surface area (Å²) < 4.78 is 11.4. The molecule has 1 unspecified atom stereocenters. The van der Waals surface area contributed by atoms with Gasteiger partial charge in [0.15, 0.2) is 5.76 Å². The van der Waals surface area contributed by atoms with Crippen LogP contribution in [0.3, 0.4) is 0 Å². The van der Waals surface area contributed by atoms with Crippen LogP contribution in [0.15, 0.2) is 89.5 Å². The predicted molar refractivity (Wildman–Crippen MR) is 140 cm³/mol. The first-order valence-corrected chi connectivity index (χ1v) is 13.1. The first-order chi connectivity index (χ1) is 18.7. The number of benzene rings is 3. The van der Waals surface area contributed by atoms with Gasteiger partial charge in [0.25, 0.3) is 11.8 Å². The summed E-state index contributed by atoms with van der Waals surface area (Å²) in [6.45, 7) is 0.271. The number of imide groups is 1. The van der Waals surface area contributed by atoms with Crippen molar-refractivity contribution in [2.45, 2.75) is 44.8 Å². The van der Waals surface area contributed by atoms with Crippen molar-refractivity contribution in [2.24, 2.45) is 5.92 Å². The van der Waals surface area contributed by atoms with Crippen LogP contribution < -0.4 is 4.74 Å². The molecule has 192 valence electrons. The maximum atomic E-state index is 13.0. The molecule has 1 aromatic heterocycles. The minimum atomic E-state index is -0.408. The molecule has 0 bridgehead atoms. The van der Waals surface area contributed by atoms with Gasteiger partial charge in [-0.25, -0.2) is 0 Å². The second-order valence-corrected chi connectivity index (χ2v) is 9.78. The summed E-state index contributed by atoms with van der Waals surface area (Å²) in [5, 5.41) is 5.06. The summed E-state index contributed by atoms with van der Waals surface area (Å²) in [6, 6.07) is 26.2. The average Bonchev–Trinajstić information content (AvgIpc) is 3.55. The van der Waals surface area contributed by atoms with Gasteiger partial charge in [-0.05, 0) is 48.6 Å². The SMILES string of the molecule is O=C1c2ccccc2C(=O)N1OC(c1ccc(OCc2cc(-c3ccccc3)on2)cc1)C1CCCCC1. The number of ether oxygens (including phenoxy) is 1. The van der Waals surface area contributed by atoms with Gasteiger partial charge in [-0.3, -0.25) is 14.4 Å². The van der Waals surface area contributed by atoms with E-state index in [9.17, 15) is 9.59 Å². The van der Waals surface area contributed by atoms with Gasteiger partial charge in [-0.15, -0.1) is 5.06 Å². The molecule has 4 aromatic rings. The summed E-state index contributed by atoms with van der Waals surface area (Å²) in [4.78, 5) is 32.2. The van der Waals surface area contributed by atoms with E-state index in [1.165, 1.54) is 6.42 Å². The third kappa shape index (κ3) is 4.85. The van der Waals surface area contributed by atoms with E-state index >= 15 is 0 Å². The number of aromatic nitrogens is 1. The number of amides is 2. The molecular formula is C31H28N2O5. The minimum Gasteiger partial charge on any atom is -0.487 e. The van der Waals surface area contributed by atoms with Crippen molar-refractivity contribution >= 4 is 11.8 Å². The van der Waals surface area contributed by atoms with Crippen molar-refractivity contribution in [3.05, 3.63) is 107 Å². The molecule has 2 amide bonds. The molecule has 7 heteroatoms. The van der Waals surface area contributed by atoms with Crippen LogP contribution in [0, 0.1) is 5.92 Å². The van der Waals surface area contributed by atoms with E-state index in [1.807, 2.05) is 60.7 Å². The van der Waals surface area contributed by atoms with Crippen LogP contribution in [0.4, 0.5) is 0 Å². The number of rotatable bonds is 8. The summed E-state index contributed by atoms with van der Waals surface area (Å²) in [6.07, 6.45) is 4.98. The third-order valence-corrected chi connectivity index (χ3v) is 7.27. The monoisotopic (exact) mass is 508 g/mol. The lowest BCUT2D eigenvalue weighted by Gasteiger charge is -2.32. The van der Waals surface area contributed by atoms with Crippen LogP contribution in [0.1, 0.15) is 70.2 Å². The molecule has 2 heterocycles. The lowest BCUT2D eigenvalue weighted by molar-refractivity contribution is -0.156. The first-order valence-electron chi connectivity index (χ1n) is 13.1. The van der Waals surface area contributed by atoms with Gasteiger partial charge in [-0.1, -0.05) is 79.0 Å². The largest absolute Gasteiger partial charge is 0.487 e. The number of hydroxylamine groups is 2. The molecule has 38 heavy (non-hydrogen) atoms. The second kappa shape index (κ2) is 10.6. The number of hydrogen-bond acceptors (Lipinski definition) is 6. The van der Waals surface area contributed by atoms with Gasteiger partial charge in [0.1, 0.15) is 24.2 Å². The van der Waals surface area contributed by atoms with E-state index in [-0.39, 0.29) is 12.5 Å². The van der Waals surface area contributed by atoms with Crippen LogP contribution >= 0.6 is 0 Å². The molecule has 3 aromatic carbocycles. The Labute approximate surface area is 220 Å². The summed E-state index contributed by atoms with van der Waals surface area (Å²) in [5.41, 5.74) is 3.33. The summed E-state index contributed by atoms with van der Waals surface area (Å²) in [5.74, 6) is 0.773. The van der Waals surface area contributed by atoms with E-state index in [1.54, 1.807) is 24.3 Å². The Morgan fingerprint density at radius 1 is 0.842 bits per heavy atom. The quantitative estimate of drug-likeness (QED) is 0.244. The minimum absolute atomic E-state index is 0.214. The first kappa shape index (κ1) is 24.1. The normalized spacial score (nSPS) is 16.5. The molecule has 0 radical (unpaired) electrons. The highest BCUT2D eigenvalue weighted by Gasteiger charge is 2.40. The van der Waals surface area contributed by atoms with Crippen LogP contribution in [0.2, 0.25) is 0 Å². The predicted octanol–water partition coefficient (Wildman–Crippen LogP) is 6.77. The van der Waals surface area contributed by atoms with Crippen LogP contribution in [0.25, 0.3) is 11.3 Å². The fourth-order valence-corrected chi connectivity index (χ4v) is 5.26. The van der Waals surface area contributed by atoms with Gasteiger partial charge < -0.3 is 9.26 Å². The summed E-state index contributed by atoms with van der Waals surface area (Å²) in [7, 11) is 0. The van der Waals surface area contributed by atoms with Crippen molar-refractivity contribution in [3.8, 4) is 17.1 Å². The van der Waals surface area contributed by atoms with E-state index in [0.717, 1.165) is 41.9 Å². The Bertz CT molecular complexity index is 1390. The molecule has 7 nitrogen and oxygen atoms in total. The Morgan fingerprint density at radius 2 is 1.50 bits per heavy atom. The number of fused-ring (bicyclic) bond motifs is 1. The smallest absolute Gasteiger partial charge is 0.285 e. The van der Waals surface area contributed by atoms with Gasteiger partial charge in [0.05, 0.1) is 11.1 Å². The maximum Gasteiger partial charge on any atom is 0.285 e. The van der Waals surface area contributed by atoms with Crippen molar-refractivity contribution in [1.29, 1.82) is 0 Å². The second-order valence-electron chi connectivity index (χ2n) is 9.78. The third-order valence-electron chi connectivity index (χ3n) is 7.27. The Balaban J connectivity index is 1.16. The zero-order chi connectivity index (χ0) is 25.9. The highest BCUT2D eigenvalue weighted by atomic mass is 16.7. The van der Waals surface area contributed by atoms with Gasteiger partial charge in [-0.2, -0.15) is 0 Å². The van der Waals surface area contributed by atoms with E-state index in [0.29, 0.717) is 28.3 Å². The number of nitrogens with zero attached hydrogens (tertiary/aromatic N) is 2. The van der Waals surface area contributed by atoms with Crippen LogP contribution in [-0.4, -0.2) is 22.0 Å². The molecule has 1 fully saturated rings. The molecule has 1 aliphatic carbocycles. The molecule has 1 saturated carbocycles. The topological polar surface area (TPSA) is 81.9 Å². The van der Waals surface area contributed by atoms with Crippen molar-refractivity contribution in [1.82, 2.24) is 10.2 Å². The number of hydrogen-bond donors (Lipinski definition) is 0. The number of carbonyl (C=O) groups is 2. The average molecular weight is 509 g/mol. The Morgan fingerprint density at radius 3 is 2.18 bits per heavy atom. The van der Waals surface area contributed by atoms with E-state index in [4.69, 9.17) is 14.1 Å². The Hall–Kier alpha value is -4.23. The lowest BCUT2D eigenvalue weighted by atomic mass is 9.82. The van der Waals surface area contributed by atoms with Crippen molar-refractivity contribution in [3.63, 3.8) is 0 Å². The highest BCUT2D eigenvalue weighted by Crippen LogP contribution is 2.39. The van der Waals surface area contributed by atoms with Crippen molar-refractivity contribution < 1.29 is 23.7 Å². The zero-order valence-corrected chi connectivity index (χ0v) is 20.9. The van der Waals surface area contributed by atoms with E-state index in [2.05, 4.69) is 5.16 Å². The van der Waals surface area contributed by atoms with Gasteiger partial charge in [0, 0.05) is 11.6 Å². The lowest BCUT2D eigenvalue weighted by Crippen LogP contribution is -2.34. The van der Waals surface area contributed by atoms with Gasteiger partial charge >= 0.3 is 0 Å². The molecule has 0 N–H and O–H groups in total. The molecule has 2 aliphatic rings. The molecule has 1 atom stereocenters. The molecule has 0 spiro atoms. The van der Waals surface area contributed by atoms with Gasteiger partial charge in [0.2, 0.25) is 0 Å². The fourth-order valence-electron chi connectivity index (χ4n) is 5.26. The molecular weight excluding hydrogens is 480 g/mol. The molecule has 0 saturated heterocycles. The van der Waals surface area contributed by atoms with Crippen molar-refractivity contribution in [2.75, 3.05) is 0 Å². The molecule has 6 rings (SSSR count). The standard InChI is InChI=1S/C31H28N2O5/c34-30-26-13-7-8-14-27(26)31(35)33(30)38-29(22-11-5-2-6-12-22)23-15-17-25(18-16-23)36-20-24-19-28(37-32-24)21-9-3-1-4-10-21/h1,3-4,7-10,13-19,22,29H,2,5-6,11-12,20H2. The van der Waals surface area contributed by atoms with Crippen LogP contribution in [-0.2, 0) is 11.4 Å². The van der Waals surface area contributed by atoms with E-state index < -0.39 is 17.9 Å². The maximum absolute atomic E-state index is 13.0. The summed E-state index contributed by atoms with van der Waals surface area (Å²) >= 11 is 0. The zero-order valence-electron chi connectivity index (χ0n) is 20.9. The number of carbonyl (C=O) groups excluding carboxylic acids is 2. The fraction of sp³-hybridized carbons (Fsp3) is 0.258. The highest BCUT2D eigenvalue weighted by molar-refractivity contribution is 6.20. The molecule has 1 aliphatic heterocycles. The Kier molecular flexibility index (Phi) is 6.75. The van der Waals surface area contributed by atoms with Crippen LogP contribution in [0.5, 0.6) is 5.75 Å².